The van der Waals surface area contributed by atoms with Crippen molar-refractivity contribution >= 4 is 5.84 Å². The molecule has 2 aromatic rings. The predicted molar refractivity (Wildman–Crippen MR) is 77.4 cm³/mol. The summed E-state index contributed by atoms with van der Waals surface area (Å²) in [5, 5.41) is 11.9. The number of halogens is 1. The molecule has 0 radical (unpaired) electrons. The molecule has 0 aliphatic carbocycles. The van der Waals surface area contributed by atoms with Gasteiger partial charge >= 0.3 is 0 Å². The molecule has 0 bridgehead atoms. The van der Waals surface area contributed by atoms with Crippen molar-refractivity contribution in [1.29, 1.82) is 0 Å². The summed E-state index contributed by atoms with van der Waals surface area (Å²) in [6.07, 6.45) is 0. The van der Waals surface area contributed by atoms with E-state index in [0.717, 1.165) is 5.69 Å². The summed E-state index contributed by atoms with van der Waals surface area (Å²) < 4.78 is 19.0. The Morgan fingerprint density at radius 2 is 2.00 bits per heavy atom. The fourth-order valence-corrected chi connectivity index (χ4v) is 2.04. The highest BCUT2D eigenvalue weighted by molar-refractivity contribution is 6.00. The summed E-state index contributed by atoms with van der Waals surface area (Å²) in [4.78, 5) is 4.26. The van der Waals surface area contributed by atoms with Crippen LogP contribution in [0, 0.1) is 26.6 Å². The van der Waals surface area contributed by atoms with Crippen molar-refractivity contribution in [2.24, 2.45) is 10.9 Å². The first kappa shape index (κ1) is 14.8. The molecule has 0 unspecified atom stereocenters. The molecule has 21 heavy (non-hydrogen) atoms. The van der Waals surface area contributed by atoms with Crippen molar-refractivity contribution in [1.82, 2.24) is 4.98 Å². The fourth-order valence-electron chi connectivity index (χ4n) is 2.04. The van der Waals surface area contributed by atoms with Crippen LogP contribution in [-0.4, -0.2) is 16.0 Å². The highest BCUT2D eigenvalue weighted by Gasteiger charge is 2.15. The van der Waals surface area contributed by atoms with Crippen molar-refractivity contribution in [3.63, 3.8) is 0 Å². The number of ether oxygens (including phenoxy) is 1. The minimum Gasteiger partial charge on any atom is -0.456 e. The largest absolute Gasteiger partial charge is 0.456 e. The summed E-state index contributed by atoms with van der Waals surface area (Å²) >= 11 is 0. The molecule has 3 N–H and O–H groups in total. The number of pyridine rings is 1. The molecule has 0 fully saturated rings. The Hall–Kier alpha value is -2.63. The molecule has 5 nitrogen and oxygen atoms in total. The van der Waals surface area contributed by atoms with Gasteiger partial charge in [-0.3, -0.25) is 4.98 Å². The lowest BCUT2D eigenvalue weighted by Crippen LogP contribution is -2.17. The van der Waals surface area contributed by atoms with E-state index in [0.29, 0.717) is 28.3 Å². The zero-order valence-electron chi connectivity index (χ0n) is 12.0. The van der Waals surface area contributed by atoms with Crippen LogP contribution < -0.4 is 10.5 Å². The van der Waals surface area contributed by atoms with Crippen molar-refractivity contribution in [3.05, 3.63) is 52.6 Å². The third-order valence-electron chi connectivity index (χ3n) is 3.01. The third kappa shape index (κ3) is 3.10. The van der Waals surface area contributed by atoms with Crippen molar-refractivity contribution < 1.29 is 14.3 Å². The van der Waals surface area contributed by atoms with Crippen molar-refractivity contribution in [2.45, 2.75) is 20.8 Å². The smallest absolute Gasteiger partial charge is 0.175 e. The number of nitrogens with two attached hydrogens (primary N) is 1. The summed E-state index contributed by atoms with van der Waals surface area (Å²) in [6.45, 7) is 5.20. The third-order valence-corrected chi connectivity index (χ3v) is 3.01. The van der Waals surface area contributed by atoms with E-state index in [4.69, 9.17) is 15.7 Å². The van der Waals surface area contributed by atoms with E-state index in [1.807, 2.05) is 6.92 Å². The zero-order chi connectivity index (χ0) is 15.6. The van der Waals surface area contributed by atoms with Gasteiger partial charge in [0.25, 0.3) is 0 Å². The van der Waals surface area contributed by atoms with Gasteiger partial charge in [0.05, 0.1) is 11.3 Å². The Kier molecular flexibility index (Phi) is 4.07. The number of oxime groups is 1. The summed E-state index contributed by atoms with van der Waals surface area (Å²) in [6, 6.07) is 6.10. The number of rotatable bonds is 3. The van der Waals surface area contributed by atoms with Crippen LogP contribution in [0.15, 0.2) is 29.4 Å². The number of nitrogens with zero attached hydrogens (tertiary/aromatic N) is 2. The van der Waals surface area contributed by atoms with Gasteiger partial charge in [0.2, 0.25) is 0 Å². The minimum absolute atomic E-state index is 0.0890. The van der Waals surface area contributed by atoms with E-state index < -0.39 is 0 Å². The molecule has 0 amide bonds. The molecule has 110 valence electrons. The van der Waals surface area contributed by atoms with Gasteiger partial charge in [-0.1, -0.05) is 5.16 Å². The molecule has 1 aromatic carbocycles. The number of hydrogen-bond acceptors (Lipinski definition) is 4. The first-order chi connectivity index (χ1) is 9.92. The van der Waals surface area contributed by atoms with Crippen LogP contribution in [-0.2, 0) is 0 Å². The first-order valence-electron chi connectivity index (χ1n) is 6.32. The molecule has 1 aromatic heterocycles. The Morgan fingerprint density at radius 1 is 1.29 bits per heavy atom. The van der Waals surface area contributed by atoms with Gasteiger partial charge in [-0.15, -0.1) is 0 Å². The van der Waals surface area contributed by atoms with Crippen LogP contribution in [0.3, 0.4) is 0 Å². The molecule has 2 rings (SSSR count). The van der Waals surface area contributed by atoms with Crippen LogP contribution in [0.2, 0.25) is 0 Å². The lowest BCUT2D eigenvalue weighted by molar-refractivity contribution is 0.318. The summed E-state index contributed by atoms with van der Waals surface area (Å²) in [5.74, 6) is 0.474. The monoisotopic (exact) mass is 289 g/mol. The average Bonchev–Trinajstić information content (AvgIpc) is 2.41. The van der Waals surface area contributed by atoms with E-state index in [1.165, 1.54) is 12.1 Å². The van der Waals surface area contributed by atoms with Gasteiger partial charge in [-0.2, -0.15) is 0 Å². The number of benzene rings is 1. The molecule has 0 aliphatic rings. The van der Waals surface area contributed by atoms with Crippen LogP contribution >= 0.6 is 0 Å². The second-order valence-electron chi connectivity index (χ2n) is 4.72. The van der Waals surface area contributed by atoms with Crippen molar-refractivity contribution in [3.8, 4) is 11.5 Å². The molecule has 1 heterocycles. The fraction of sp³-hybridized carbons (Fsp3) is 0.200. The van der Waals surface area contributed by atoms with Gasteiger partial charge in [0.15, 0.2) is 5.84 Å². The van der Waals surface area contributed by atoms with E-state index in [-0.39, 0.29) is 11.7 Å². The lowest BCUT2D eigenvalue weighted by atomic mass is 10.1. The van der Waals surface area contributed by atoms with Gasteiger partial charge in [0.1, 0.15) is 17.3 Å². The van der Waals surface area contributed by atoms with Crippen LogP contribution in [0.5, 0.6) is 11.5 Å². The second-order valence-corrected chi connectivity index (χ2v) is 4.72. The normalized spacial score (nSPS) is 11.5. The van der Waals surface area contributed by atoms with E-state index in [9.17, 15) is 4.39 Å². The topological polar surface area (TPSA) is 80.7 Å². The maximum absolute atomic E-state index is 13.3. The molecule has 0 saturated heterocycles. The number of aromatic nitrogens is 1. The SMILES string of the molecule is Cc1cc(Oc2ccc(F)c(C)c2)c(/C(N)=N/O)c(C)n1. The molecule has 0 saturated carbocycles. The van der Waals surface area contributed by atoms with Crippen LogP contribution in [0.4, 0.5) is 4.39 Å². The van der Waals surface area contributed by atoms with Gasteiger partial charge < -0.3 is 15.7 Å². The molecular formula is C15H16FN3O2. The Morgan fingerprint density at radius 3 is 2.62 bits per heavy atom. The van der Waals surface area contributed by atoms with Crippen molar-refractivity contribution in [2.75, 3.05) is 0 Å². The molecule has 0 spiro atoms. The van der Waals surface area contributed by atoms with E-state index in [1.54, 1.807) is 26.0 Å². The molecule has 6 heteroatoms. The second kappa shape index (κ2) is 5.78. The zero-order valence-corrected chi connectivity index (χ0v) is 12.0. The van der Waals surface area contributed by atoms with Gasteiger partial charge in [-0.05, 0) is 44.5 Å². The Bertz CT molecular complexity index is 714. The van der Waals surface area contributed by atoms with Crippen LogP contribution in [0.25, 0.3) is 0 Å². The molecular weight excluding hydrogens is 273 g/mol. The summed E-state index contributed by atoms with van der Waals surface area (Å²) in [5.41, 5.74) is 7.87. The van der Waals surface area contributed by atoms with Gasteiger partial charge in [-0.25, -0.2) is 4.39 Å². The number of aryl methyl sites for hydroxylation is 3. The average molecular weight is 289 g/mol. The maximum Gasteiger partial charge on any atom is 0.175 e. The standard InChI is InChI=1S/C15H16FN3O2/c1-8-6-11(4-5-12(8)16)21-13-7-9(2)18-10(3)14(13)15(17)19-20/h4-7,20H,1-3H3,(H2,17,19). The quantitative estimate of drug-likeness (QED) is 0.394. The number of amidine groups is 1. The highest BCUT2D eigenvalue weighted by Crippen LogP contribution is 2.28. The Labute approximate surface area is 121 Å². The van der Waals surface area contributed by atoms with Crippen LogP contribution in [0.1, 0.15) is 22.5 Å². The predicted octanol–water partition coefficient (Wildman–Crippen LogP) is 3.03. The number of hydrogen-bond donors (Lipinski definition) is 2. The molecule has 0 aliphatic heterocycles. The van der Waals surface area contributed by atoms with Gasteiger partial charge in [0, 0.05) is 11.8 Å². The highest BCUT2D eigenvalue weighted by atomic mass is 19.1. The first-order valence-corrected chi connectivity index (χ1v) is 6.32. The van der Waals surface area contributed by atoms with E-state index >= 15 is 0 Å². The Balaban J connectivity index is 2.50. The lowest BCUT2D eigenvalue weighted by Gasteiger charge is -2.13. The summed E-state index contributed by atoms with van der Waals surface area (Å²) in [7, 11) is 0. The maximum atomic E-state index is 13.3. The molecule has 0 atom stereocenters. The van der Waals surface area contributed by atoms with E-state index in [2.05, 4.69) is 10.1 Å². The minimum atomic E-state index is -0.305.